The fraction of sp³-hybridized carbons (Fsp3) is 0.294. The number of fused-ring (bicyclic) bond motifs is 1. The second-order valence-electron chi connectivity index (χ2n) is 5.55. The first kappa shape index (κ1) is 15.9. The number of amides is 1. The Bertz CT molecular complexity index is 942. The highest BCUT2D eigenvalue weighted by molar-refractivity contribution is 6.10. The smallest absolute Gasteiger partial charge is 0.277 e. The van der Waals surface area contributed by atoms with E-state index in [9.17, 15) is 9.59 Å². The second-order valence-corrected chi connectivity index (χ2v) is 5.55. The van der Waals surface area contributed by atoms with Crippen LogP contribution >= 0.6 is 0 Å². The minimum atomic E-state index is -0.426. The summed E-state index contributed by atoms with van der Waals surface area (Å²) in [4.78, 5) is 25.1. The van der Waals surface area contributed by atoms with Gasteiger partial charge in [-0.15, -0.1) is 0 Å². The first-order valence-corrected chi connectivity index (χ1v) is 7.84. The fourth-order valence-electron chi connectivity index (χ4n) is 2.46. The van der Waals surface area contributed by atoms with Gasteiger partial charge >= 0.3 is 0 Å². The lowest BCUT2D eigenvalue weighted by Crippen LogP contribution is -2.27. The van der Waals surface area contributed by atoms with Crippen molar-refractivity contribution in [2.45, 2.75) is 33.2 Å². The van der Waals surface area contributed by atoms with Crippen molar-refractivity contribution >= 4 is 22.5 Å². The van der Waals surface area contributed by atoms with Crippen molar-refractivity contribution < 1.29 is 9.32 Å². The minimum Gasteiger partial charge on any atom is -0.360 e. The molecule has 7 nitrogen and oxygen atoms in total. The van der Waals surface area contributed by atoms with Gasteiger partial charge in [-0.05, 0) is 19.4 Å². The molecule has 3 aromatic rings. The van der Waals surface area contributed by atoms with E-state index in [1.54, 1.807) is 37.3 Å². The maximum atomic E-state index is 12.6. The first-order chi connectivity index (χ1) is 11.6. The van der Waals surface area contributed by atoms with Gasteiger partial charge in [0.1, 0.15) is 5.76 Å². The summed E-state index contributed by atoms with van der Waals surface area (Å²) in [5, 5.41) is 11.7. The van der Waals surface area contributed by atoms with Crippen molar-refractivity contribution in [3.8, 4) is 0 Å². The number of benzene rings is 1. The average Bonchev–Trinajstić information content (AvgIpc) is 2.99. The van der Waals surface area contributed by atoms with Crippen LogP contribution < -0.4 is 10.9 Å². The van der Waals surface area contributed by atoms with Crippen LogP contribution in [0.2, 0.25) is 0 Å². The highest BCUT2D eigenvalue weighted by atomic mass is 16.5. The van der Waals surface area contributed by atoms with E-state index in [4.69, 9.17) is 4.52 Å². The summed E-state index contributed by atoms with van der Waals surface area (Å²) >= 11 is 0. The molecular weight excluding hydrogens is 308 g/mol. The second kappa shape index (κ2) is 6.66. The predicted octanol–water partition coefficient (Wildman–Crippen LogP) is 2.75. The van der Waals surface area contributed by atoms with Gasteiger partial charge in [0.25, 0.3) is 11.5 Å². The summed E-state index contributed by atoms with van der Waals surface area (Å²) in [5.41, 5.74) is 0.00911. The van der Waals surface area contributed by atoms with Gasteiger partial charge in [0.05, 0.1) is 5.39 Å². The molecule has 0 aliphatic heterocycles. The van der Waals surface area contributed by atoms with E-state index >= 15 is 0 Å². The average molecular weight is 326 g/mol. The monoisotopic (exact) mass is 326 g/mol. The summed E-state index contributed by atoms with van der Waals surface area (Å²) in [6.45, 7) is 4.25. The molecule has 24 heavy (non-hydrogen) atoms. The number of aryl methyl sites for hydroxylation is 2. The molecule has 3 rings (SSSR count). The molecule has 0 saturated carbocycles. The first-order valence-electron chi connectivity index (χ1n) is 7.84. The molecule has 0 unspecified atom stereocenters. The Morgan fingerprint density at radius 3 is 2.71 bits per heavy atom. The standard InChI is InChI=1S/C17H18N4O3/c1-3-4-9-21-17(23)13-8-6-5-7-12(13)15(19-21)16(22)18-14-10-11(2)24-20-14/h5-8,10H,3-4,9H2,1-2H3,(H,18,20,22). The third-order valence-corrected chi connectivity index (χ3v) is 3.68. The lowest BCUT2D eigenvalue weighted by atomic mass is 10.1. The van der Waals surface area contributed by atoms with Crippen molar-refractivity contribution in [1.82, 2.24) is 14.9 Å². The molecule has 0 fully saturated rings. The molecule has 124 valence electrons. The molecule has 0 aliphatic carbocycles. The van der Waals surface area contributed by atoms with Crippen molar-refractivity contribution in [3.05, 3.63) is 52.1 Å². The molecule has 2 aromatic heterocycles. The largest absolute Gasteiger partial charge is 0.360 e. The van der Waals surface area contributed by atoms with Crippen LogP contribution in [0.1, 0.15) is 36.0 Å². The highest BCUT2D eigenvalue weighted by Crippen LogP contribution is 2.16. The summed E-state index contributed by atoms with van der Waals surface area (Å²) in [6.07, 6.45) is 1.75. The van der Waals surface area contributed by atoms with E-state index < -0.39 is 5.91 Å². The van der Waals surface area contributed by atoms with Crippen molar-refractivity contribution in [1.29, 1.82) is 0 Å². The van der Waals surface area contributed by atoms with E-state index in [1.165, 1.54) is 4.68 Å². The normalized spacial score (nSPS) is 10.9. The molecule has 0 saturated heterocycles. The van der Waals surface area contributed by atoms with E-state index in [0.717, 1.165) is 12.8 Å². The number of nitrogens with one attached hydrogen (secondary N) is 1. The van der Waals surface area contributed by atoms with Gasteiger partial charge in [0.2, 0.25) is 0 Å². The van der Waals surface area contributed by atoms with E-state index in [-0.39, 0.29) is 11.3 Å². The van der Waals surface area contributed by atoms with Crippen LogP contribution in [-0.2, 0) is 6.54 Å². The van der Waals surface area contributed by atoms with E-state index in [1.807, 2.05) is 6.92 Å². The van der Waals surface area contributed by atoms with Gasteiger partial charge in [0.15, 0.2) is 11.5 Å². The number of rotatable bonds is 5. The molecule has 1 aromatic carbocycles. The maximum Gasteiger partial charge on any atom is 0.277 e. The molecule has 0 atom stereocenters. The number of nitrogens with zero attached hydrogens (tertiary/aromatic N) is 3. The quantitative estimate of drug-likeness (QED) is 0.778. The van der Waals surface area contributed by atoms with Gasteiger partial charge in [-0.1, -0.05) is 36.7 Å². The Hall–Kier alpha value is -2.96. The van der Waals surface area contributed by atoms with Crippen molar-refractivity contribution in [2.75, 3.05) is 5.32 Å². The number of unbranched alkanes of at least 4 members (excludes halogenated alkanes) is 1. The number of hydrogen-bond donors (Lipinski definition) is 1. The van der Waals surface area contributed by atoms with Crippen LogP contribution in [0.5, 0.6) is 0 Å². The summed E-state index contributed by atoms with van der Waals surface area (Å²) in [5.74, 6) is 0.482. The lowest BCUT2D eigenvalue weighted by Gasteiger charge is -2.10. The Labute approximate surface area is 138 Å². The van der Waals surface area contributed by atoms with Crippen molar-refractivity contribution in [3.63, 3.8) is 0 Å². The van der Waals surface area contributed by atoms with Gasteiger partial charge in [-0.3, -0.25) is 9.59 Å². The summed E-state index contributed by atoms with van der Waals surface area (Å²) < 4.78 is 6.30. The zero-order valence-electron chi connectivity index (χ0n) is 13.6. The topological polar surface area (TPSA) is 90.0 Å². The molecule has 1 N–H and O–H groups in total. The lowest BCUT2D eigenvalue weighted by molar-refractivity contribution is 0.102. The number of carbonyl (C=O) groups excluding carboxylic acids is 1. The third-order valence-electron chi connectivity index (χ3n) is 3.68. The molecule has 2 heterocycles. The number of anilines is 1. The Morgan fingerprint density at radius 2 is 2.04 bits per heavy atom. The zero-order chi connectivity index (χ0) is 17.1. The van der Waals surface area contributed by atoms with Crippen LogP contribution in [0.25, 0.3) is 10.8 Å². The van der Waals surface area contributed by atoms with Crippen LogP contribution in [0.15, 0.2) is 39.6 Å². The highest BCUT2D eigenvalue weighted by Gasteiger charge is 2.17. The van der Waals surface area contributed by atoms with Gasteiger partial charge < -0.3 is 9.84 Å². The summed E-state index contributed by atoms with van der Waals surface area (Å²) in [6, 6.07) is 8.59. The molecule has 7 heteroatoms. The molecule has 0 spiro atoms. The Kier molecular flexibility index (Phi) is 4.41. The van der Waals surface area contributed by atoms with E-state index in [2.05, 4.69) is 15.6 Å². The third kappa shape index (κ3) is 3.05. The van der Waals surface area contributed by atoms with Gasteiger partial charge in [0, 0.05) is 18.0 Å². The molecular formula is C17H18N4O3. The molecule has 0 bridgehead atoms. The Balaban J connectivity index is 2.06. The molecule has 0 radical (unpaired) electrons. The van der Waals surface area contributed by atoms with Crippen molar-refractivity contribution in [2.24, 2.45) is 0 Å². The Morgan fingerprint density at radius 1 is 1.29 bits per heavy atom. The van der Waals surface area contributed by atoms with Crippen LogP contribution in [0, 0.1) is 6.92 Å². The SMILES string of the molecule is CCCCn1nc(C(=O)Nc2cc(C)on2)c2ccccc2c1=O. The molecule has 1 amide bonds. The number of hydrogen-bond acceptors (Lipinski definition) is 5. The van der Waals surface area contributed by atoms with E-state index in [0.29, 0.717) is 28.9 Å². The predicted molar refractivity (Wildman–Crippen MR) is 90.1 cm³/mol. The number of aromatic nitrogens is 3. The van der Waals surface area contributed by atoms with Gasteiger partial charge in [-0.25, -0.2) is 4.68 Å². The van der Waals surface area contributed by atoms with Crippen LogP contribution in [-0.4, -0.2) is 20.8 Å². The zero-order valence-corrected chi connectivity index (χ0v) is 13.6. The van der Waals surface area contributed by atoms with Gasteiger partial charge in [-0.2, -0.15) is 5.10 Å². The van der Waals surface area contributed by atoms with Crippen LogP contribution in [0.4, 0.5) is 5.82 Å². The minimum absolute atomic E-state index is 0.187. The summed E-state index contributed by atoms with van der Waals surface area (Å²) in [7, 11) is 0. The maximum absolute atomic E-state index is 12.6. The fourth-order valence-corrected chi connectivity index (χ4v) is 2.46. The van der Waals surface area contributed by atoms with Crippen LogP contribution in [0.3, 0.4) is 0 Å². The number of carbonyl (C=O) groups is 1. The molecule has 0 aliphatic rings.